The smallest absolute Gasteiger partial charge is 0.213 e. The van der Waals surface area contributed by atoms with Gasteiger partial charge in [0, 0.05) is 18.2 Å². The molecule has 1 N–H and O–H groups in total. The molecule has 4 nitrogen and oxygen atoms in total. The lowest BCUT2D eigenvalue weighted by Crippen LogP contribution is -2.31. The third-order valence-electron chi connectivity index (χ3n) is 3.33. The van der Waals surface area contributed by atoms with Gasteiger partial charge in [0.15, 0.2) is 0 Å². The van der Waals surface area contributed by atoms with E-state index in [1.165, 1.54) is 12.8 Å². The number of aromatic nitrogens is 1. The molecular weight excluding hydrogens is 204 g/mol. The summed E-state index contributed by atoms with van der Waals surface area (Å²) in [6.07, 6.45) is 4.32. The Labute approximate surface area is 95.0 Å². The molecule has 2 aliphatic rings. The highest BCUT2D eigenvalue weighted by Gasteiger charge is 2.45. The standard InChI is InChI=1S/C12H16N2O2/c1-15-12-3-2-10(6-13-12)16-7-9-4-8-5-11(8)14-9/h2-3,6,8-9,11,14H,4-5,7H2,1H3/t8-,9+,11+/m1/s1. The van der Waals surface area contributed by atoms with Crippen molar-refractivity contribution in [2.24, 2.45) is 5.92 Å². The van der Waals surface area contributed by atoms with Crippen LogP contribution in [-0.4, -0.2) is 30.8 Å². The van der Waals surface area contributed by atoms with E-state index in [0.717, 1.165) is 24.3 Å². The minimum atomic E-state index is 0.519. The molecule has 1 saturated carbocycles. The highest BCUT2D eigenvalue weighted by Crippen LogP contribution is 2.40. The van der Waals surface area contributed by atoms with E-state index in [1.807, 2.05) is 12.1 Å². The number of rotatable bonds is 4. The minimum Gasteiger partial charge on any atom is -0.490 e. The van der Waals surface area contributed by atoms with Crippen molar-refractivity contribution < 1.29 is 9.47 Å². The van der Waals surface area contributed by atoms with Crippen molar-refractivity contribution in [3.05, 3.63) is 18.3 Å². The van der Waals surface area contributed by atoms with Gasteiger partial charge in [-0.05, 0) is 24.8 Å². The Hall–Kier alpha value is -1.29. The van der Waals surface area contributed by atoms with Gasteiger partial charge in [-0.1, -0.05) is 0 Å². The van der Waals surface area contributed by atoms with E-state index in [2.05, 4.69) is 10.3 Å². The number of piperidine rings is 1. The van der Waals surface area contributed by atoms with Gasteiger partial charge in [0.25, 0.3) is 0 Å². The molecule has 0 aromatic carbocycles. The molecule has 1 aromatic heterocycles. The number of methoxy groups -OCH3 is 1. The normalized spacial score (nSPS) is 30.9. The summed E-state index contributed by atoms with van der Waals surface area (Å²) in [5.41, 5.74) is 0. The van der Waals surface area contributed by atoms with Gasteiger partial charge in [0.1, 0.15) is 12.4 Å². The molecule has 1 aromatic rings. The van der Waals surface area contributed by atoms with Crippen molar-refractivity contribution in [1.29, 1.82) is 0 Å². The number of hydrogen-bond acceptors (Lipinski definition) is 4. The molecule has 3 rings (SSSR count). The summed E-state index contributed by atoms with van der Waals surface area (Å²) in [4.78, 5) is 4.10. The van der Waals surface area contributed by atoms with Gasteiger partial charge in [-0.2, -0.15) is 0 Å². The number of ether oxygens (including phenoxy) is 2. The molecule has 0 spiro atoms. The van der Waals surface area contributed by atoms with Crippen LogP contribution >= 0.6 is 0 Å². The number of nitrogens with zero attached hydrogens (tertiary/aromatic N) is 1. The summed E-state index contributed by atoms with van der Waals surface area (Å²) in [6.45, 7) is 0.737. The first-order valence-corrected chi connectivity index (χ1v) is 5.74. The zero-order valence-corrected chi connectivity index (χ0v) is 9.35. The van der Waals surface area contributed by atoms with E-state index in [1.54, 1.807) is 13.3 Å². The van der Waals surface area contributed by atoms with Gasteiger partial charge in [-0.3, -0.25) is 0 Å². The molecular formula is C12H16N2O2. The van der Waals surface area contributed by atoms with Gasteiger partial charge in [0.05, 0.1) is 13.3 Å². The first kappa shape index (κ1) is 9.90. The van der Waals surface area contributed by atoms with Crippen LogP contribution in [0.25, 0.3) is 0 Å². The predicted octanol–water partition coefficient (Wildman–Crippen LogP) is 1.22. The minimum absolute atomic E-state index is 0.519. The topological polar surface area (TPSA) is 43.4 Å². The van der Waals surface area contributed by atoms with Crippen LogP contribution in [0.4, 0.5) is 0 Å². The molecule has 2 fully saturated rings. The van der Waals surface area contributed by atoms with Crippen molar-refractivity contribution in [2.45, 2.75) is 24.9 Å². The summed E-state index contributed by atoms with van der Waals surface area (Å²) in [7, 11) is 1.61. The second-order valence-corrected chi connectivity index (χ2v) is 4.55. The van der Waals surface area contributed by atoms with E-state index < -0.39 is 0 Å². The van der Waals surface area contributed by atoms with E-state index in [9.17, 15) is 0 Å². The fourth-order valence-corrected chi connectivity index (χ4v) is 2.33. The lowest BCUT2D eigenvalue weighted by Gasteiger charge is -2.14. The Bertz CT molecular complexity index is 356. The monoisotopic (exact) mass is 220 g/mol. The Kier molecular flexibility index (Phi) is 2.44. The zero-order chi connectivity index (χ0) is 11.0. The van der Waals surface area contributed by atoms with Crippen molar-refractivity contribution >= 4 is 0 Å². The lowest BCUT2D eigenvalue weighted by atomic mass is 10.2. The molecule has 86 valence electrons. The van der Waals surface area contributed by atoms with Crippen LogP contribution in [0.2, 0.25) is 0 Å². The third kappa shape index (κ3) is 1.97. The fourth-order valence-electron chi connectivity index (χ4n) is 2.33. The van der Waals surface area contributed by atoms with Gasteiger partial charge in [-0.15, -0.1) is 0 Å². The van der Waals surface area contributed by atoms with Crippen LogP contribution in [0.15, 0.2) is 18.3 Å². The highest BCUT2D eigenvalue weighted by molar-refractivity contribution is 5.22. The van der Waals surface area contributed by atoms with Crippen LogP contribution in [0.1, 0.15) is 12.8 Å². The second-order valence-electron chi connectivity index (χ2n) is 4.55. The van der Waals surface area contributed by atoms with Gasteiger partial charge in [-0.25, -0.2) is 4.98 Å². The van der Waals surface area contributed by atoms with Gasteiger partial charge in [0.2, 0.25) is 5.88 Å². The largest absolute Gasteiger partial charge is 0.490 e. The fraction of sp³-hybridized carbons (Fsp3) is 0.583. The predicted molar refractivity (Wildman–Crippen MR) is 59.7 cm³/mol. The molecule has 0 amide bonds. The third-order valence-corrected chi connectivity index (χ3v) is 3.33. The van der Waals surface area contributed by atoms with Crippen molar-refractivity contribution in [3.8, 4) is 11.6 Å². The second kappa shape index (κ2) is 3.94. The van der Waals surface area contributed by atoms with E-state index in [-0.39, 0.29) is 0 Å². The van der Waals surface area contributed by atoms with E-state index in [4.69, 9.17) is 9.47 Å². The average Bonchev–Trinajstić information content (AvgIpc) is 2.95. The number of hydrogen-bond donors (Lipinski definition) is 1. The van der Waals surface area contributed by atoms with E-state index in [0.29, 0.717) is 11.9 Å². The Morgan fingerprint density at radius 3 is 3.00 bits per heavy atom. The molecule has 4 heteroatoms. The number of fused-ring (bicyclic) bond motifs is 1. The summed E-state index contributed by atoms with van der Waals surface area (Å²) in [5, 5.41) is 3.55. The summed E-state index contributed by atoms with van der Waals surface area (Å²) < 4.78 is 10.7. The van der Waals surface area contributed by atoms with E-state index >= 15 is 0 Å². The summed E-state index contributed by atoms with van der Waals surface area (Å²) in [5.74, 6) is 2.35. The molecule has 0 radical (unpaired) electrons. The maximum atomic E-state index is 5.68. The quantitative estimate of drug-likeness (QED) is 0.828. The van der Waals surface area contributed by atoms with Crippen LogP contribution in [0, 0.1) is 5.92 Å². The molecule has 2 heterocycles. The van der Waals surface area contributed by atoms with Crippen molar-refractivity contribution in [2.75, 3.05) is 13.7 Å². The van der Waals surface area contributed by atoms with Crippen molar-refractivity contribution in [3.63, 3.8) is 0 Å². The SMILES string of the molecule is COc1ccc(OC[C@@H]2C[C@@H]3C[C@@H]3N2)cn1. The van der Waals surface area contributed by atoms with Crippen LogP contribution in [0.5, 0.6) is 11.6 Å². The molecule has 0 unspecified atom stereocenters. The molecule has 1 aliphatic carbocycles. The average molecular weight is 220 g/mol. The number of nitrogens with one attached hydrogen (secondary N) is 1. The molecule has 16 heavy (non-hydrogen) atoms. The van der Waals surface area contributed by atoms with Crippen LogP contribution < -0.4 is 14.8 Å². The van der Waals surface area contributed by atoms with Gasteiger partial charge >= 0.3 is 0 Å². The lowest BCUT2D eigenvalue weighted by molar-refractivity contribution is 0.266. The summed E-state index contributed by atoms with van der Waals surface area (Å²) in [6, 6.07) is 5.00. The Morgan fingerprint density at radius 2 is 2.38 bits per heavy atom. The zero-order valence-electron chi connectivity index (χ0n) is 9.35. The Balaban J connectivity index is 1.50. The molecule has 1 aliphatic heterocycles. The molecule has 1 saturated heterocycles. The first-order chi connectivity index (χ1) is 7.85. The molecule has 3 atom stereocenters. The van der Waals surface area contributed by atoms with Crippen molar-refractivity contribution in [1.82, 2.24) is 10.3 Å². The van der Waals surface area contributed by atoms with Crippen LogP contribution in [0.3, 0.4) is 0 Å². The maximum Gasteiger partial charge on any atom is 0.213 e. The van der Waals surface area contributed by atoms with Gasteiger partial charge < -0.3 is 14.8 Å². The summed E-state index contributed by atoms with van der Waals surface area (Å²) >= 11 is 0. The van der Waals surface area contributed by atoms with Crippen LogP contribution in [-0.2, 0) is 0 Å². The first-order valence-electron chi connectivity index (χ1n) is 5.74. The maximum absolute atomic E-state index is 5.68. The number of pyridine rings is 1. The highest BCUT2D eigenvalue weighted by atomic mass is 16.5. The molecule has 0 bridgehead atoms. The Morgan fingerprint density at radius 1 is 1.44 bits per heavy atom.